The van der Waals surface area contributed by atoms with Gasteiger partial charge in [0.25, 0.3) is 0 Å². The Morgan fingerprint density at radius 2 is 2.05 bits per heavy atom. The van der Waals surface area contributed by atoms with Crippen LogP contribution in [0.1, 0.15) is 38.8 Å². The van der Waals surface area contributed by atoms with E-state index in [1.807, 2.05) is 15.5 Å². The highest BCUT2D eigenvalue weighted by Crippen LogP contribution is 2.22. The number of nitrogens with zero attached hydrogens (tertiary/aromatic N) is 5. The Morgan fingerprint density at radius 1 is 1.23 bits per heavy atom. The first-order valence-electron chi connectivity index (χ1n) is 7.91. The summed E-state index contributed by atoms with van der Waals surface area (Å²) in [6, 6.07) is 4.07. The molecule has 3 rings (SSSR count). The molecule has 0 spiro atoms. The summed E-state index contributed by atoms with van der Waals surface area (Å²) in [7, 11) is 0. The van der Waals surface area contributed by atoms with Gasteiger partial charge in [0, 0.05) is 50.9 Å². The summed E-state index contributed by atoms with van der Waals surface area (Å²) in [4.78, 5) is 20.5. The number of fused-ring (bicyclic) bond motifs is 1. The van der Waals surface area contributed by atoms with Gasteiger partial charge in [0.15, 0.2) is 5.65 Å². The molecule has 0 atom stereocenters. The highest BCUT2D eigenvalue weighted by molar-refractivity contribution is 5.73. The van der Waals surface area contributed by atoms with Gasteiger partial charge in [-0.1, -0.05) is 13.8 Å². The first-order valence-corrected chi connectivity index (χ1v) is 7.91. The van der Waals surface area contributed by atoms with E-state index < -0.39 is 0 Å². The third kappa shape index (κ3) is 2.77. The molecule has 0 bridgehead atoms. The van der Waals surface area contributed by atoms with E-state index in [0.717, 1.165) is 49.8 Å². The van der Waals surface area contributed by atoms with Crippen molar-refractivity contribution in [1.82, 2.24) is 19.5 Å². The molecule has 1 aliphatic rings. The highest BCUT2D eigenvalue weighted by Gasteiger charge is 2.20. The van der Waals surface area contributed by atoms with Crippen LogP contribution in [0.15, 0.2) is 18.3 Å². The van der Waals surface area contributed by atoms with E-state index in [0.29, 0.717) is 5.92 Å². The summed E-state index contributed by atoms with van der Waals surface area (Å²) >= 11 is 0. The Balaban J connectivity index is 1.95. The number of hydrogen-bond donors (Lipinski definition) is 0. The van der Waals surface area contributed by atoms with Gasteiger partial charge in [-0.3, -0.25) is 4.79 Å². The zero-order valence-electron chi connectivity index (χ0n) is 13.5. The summed E-state index contributed by atoms with van der Waals surface area (Å²) in [5.41, 5.74) is 1.96. The van der Waals surface area contributed by atoms with Crippen molar-refractivity contribution in [3.05, 3.63) is 24.0 Å². The van der Waals surface area contributed by atoms with Crippen molar-refractivity contribution in [3.63, 3.8) is 0 Å². The Labute approximate surface area is 130 Å². The normalized spacial score (nSPS) is 16.4. The van der Waals surface area contributed by atoms with E-state index in [9.17, 15) is 4.79 Å². The topological polar surface area (TPSA) is 53.7 Å². The summed E-state index contributed by atoms with van der Waals surface area (Å²) in [5, 5.41) is 4.41. The van der Waals surface area contributed by atoms with Crippen LogP contribution in [0.2, 0.25) is 0 Å². The first-order chi connectivity index (χ1) is 10.6. The van der Waals surface area contributed by atoms with E-state index in [1.54, 1.807) is 13.1 Å². The van der Waals surface area contributed by atoms with Crippen molar-refractivity contribution in [2.75, 3.05) is 31.1 Å². The van der Waals surface area contributed by atoms with E-state index in [-0.39, 0.29) is 5.91 Å². The van der Waals surface area contributed by atoms with Crippen LogP contribution in [-0.2, 0) is 4.79 Å². The lowest BCUT2D eigenvalue weighted by molar-refractivity contribution is -0.128. The van der Waals surface area contributed by atoms with Gasteiger partial charge >= 0.3 is 0 Å². The quantitative estimate of drug-likeness (QED) is 0.850. The molecular formula is C16H23N5O. The standard InChI is InChI=1S/C16H23N5O/c1-12(2)14-11-16(21-15(18-14)5-6-17-21)20-8-4-7-19(9-10-20)13(3)22/h5-6,11-12H,4,7-10H2,1-3H3. The molecule has 6 heteroatoms. The molecule has 2 aromatic rings. The van der Waals surface area contributed by atoms with Crippen LogP contribution in [0, 0.1) is 0 Å². The molecule has 1 saturated heterocycles. The molecule has 0 aliphatic carbocycles. The van der Waals surface area contributed by atoms with Gasteiger partial charge in [-0.2, -0.15) is 9.61 Å². The lowest BCUT2D eigenvalue weighted by atomic mass is 10.1. The predicted octanol–water partition coefficient (Wildman–Crippen LogP) is 1.91. The summed E-state index contributed by atoms with van der Waals surface area (Å²) in [6.07, 6.45) is 2.76. The fourth-order valence-corrected chi connectivity index (χ4v) is 2.90. The molecular weight excluding hydrogens is 278 g/mol. The largest absolute Gasteiger partial charge is 0.355 e. The zero-order valence-corrected chi connectivity index (χ0v) is 13.5. The van der Waals surface area contributed by atoms with Crippen molar-refractivity contribution >= 4 is 17.4 Å². The average molecular weight is 301 g/mol. The Bertz CT molecular complexity index is 678. The Morgan fingerprint density at radius 3 is 2.77 bits per heavy atom. The Kier molecular flexibility index (Phi) is 4.00. The third-order valence-electron chi connectivity index (χ3n) is 4.22. The lowest BCUT2D eigenvalue weighted by Crippen LogP contribution is -2.34. The molecule has 0 saturated carbocycles. The van der Waals surface area contributed by atoms with E-state index in [2.05, 4.69) is 34.9 Å². The van der Waals surface area contributed by atoms with Crippen molar-refractivity contribution < 1.29 is 4.79 Å². The van der Waals surface area contributed by atoms with Gasteiger partial charge in [-0.05, 0) is 12.3 Å². The lowest BCUT2D eigenvalue weighted by Gasteiger charge is -2.24. The molecule has 1 aliphatic heterocycles. The van der Waals surface area contributed by atoms with Crippen LogP contribution in [0.3, 0.4) is 0 Å². The number of carbonyl (C=O) groups excluding carboxylic acids is 1. The molecule has 2 aromatic heterocycles. The van der Waals surface area contributed by atoms with Gasteiger partial charge in [0.2, 0.25) is 5.91 Å². The minimum atomic E-state index is 0.156. The van der Waals surface area contributed by atoms with Crippen molar-refractivity contribution in [1.29, 1.82) is 0 Å². The molecule has 0 unspecified atom stereocenters. The number of aromatic nitrogens is 3. The van der Waals surface area contributed by atoms with Crippen LogP contribution in [-0.4, -0.2) is 51.6 Å². The van der Waals surface area contributed by atoms with E-state index in [4.69, 9.17) is 0 Å². The van der Waals surface area contributed by atoms with Gasteiger partial charge in [0.05, 0.1) is 6.20 Å². The molecule has 1 amide bonds. The van der Waals surface area contributed by atoms with Gasteiger partial charge in [-0.15, -0.1) is 0 Å². The van der Waals surface area contributed by atoms with Crippen molar-refractivity contribution in [2.45, 2.75) is 33.1 Å². The zero-order chi connectivity index (χ0) is 15.7. The molecule has 118 valence electrons. The maximum Gasteiger partial charge on any atom is 0.219 e. The van der Waals surface area contributed by atoms with E-state index in [1.165, 1.54) is 0 Å². The molecule has 1 fully saturated rings. The first kappa shape index (κ1) is 14.8. The summed E-state index contributed by atoms with van der Waals surface area (Å²) < 4.78 is 1.90. The van der Waals surface area contributed by atoms with Gasteiger partial charge in [0.1, 0.15) is 5.82 Å². The molecule has 0 aromatic carbocycles. The predicted molar refractivity (Wildman–Crippen MR) is 86.2 cm³/mol. The smallest absolute Gasteiger partial charge is 0.219 e. The number of anilines is 1. The van der Waals surface area contributed by atoms with Gasteiger partial charge < -0.3 is 9.80 Å². The fraction of sp³-hybridized carbons (Fsp3) is 0.562. The summed E-state index contributed by atoms with van der Waals surface area (Å²) in [6.45, 7) is 9.30. The van der Waals surface area contributed by atoms with E-state index >= 15 is 0 Å². The van der Waals surface area contributed by atoms with Crippen molar-refractivity contribution in [3.8, 4) is 0 Å². The molecule has 0 N–H and O–H groups in total. The molecule has 3 heterocycles. The third-order valence-corrected chi connectivity index (χ3v) is 4.22. The second-order valence-corrected chi connectivity index (χ2v) is 6.14. The van der Waals surface area contributed by atoms with Crippen LogP contribution in [0.25, 0.3) is 5.65 Å². The number of hydrogen-bond acceptors (Lipinski definition) is 4. The fourth-order valence-electron chi connectivity index (χ4n) is 2.90. The van der Waals surface area contributed by atoms with Crippen LogP contribution in [0.4, 0.5) is 5.82 Å². The SMILES string of the molecule is CC(=O)N1CCCN(c2cc(C(C)C)nc3ccnn23)CC1. The number of amides is 1. The minimum Gasteiger partial charge on any atom is -0.355 e. The average Bonchev–Trinajstić information content (AvgIpc) is 2.81. The maximum atomic E-state index is 11.6. The minimum absolute atomic E-state index is 0.156. The molecule has 22 heavy (non-hydrogen) atoms. The van der Waals surface area contributed by atoms with Gasteiger partial charge in [-0.25, -0.2) is 4.98 Å². The van der Waals surface area contributed by atoms with Crippen LogP contribution < -0.4 is 4.90 Å². The maximum absolute atomic E-state index is 11.6. The number of carbonyl (C=O) groups is 1. The van der Waals surface area contributed by atoms with Crippen LogP contribution >= 0.6 is 0 Å². The highest BCUT2D eigenvalue weighted by atomic mass is 16.2. The monoisotopic (exact) mass is 301 g/mol. The van der Waals surface area contributed by atoms with Crippen molar-refractivity contribution in [2.24, 2.45) is 0 Å². The summed E-state index contributed by atoms with van der Waals surface area (Å²) in [5.74, 6) is 1.60. The second kappa shape index (κ2) is 5.94. The molecule has 0 radical (unpaired) electrons. The number of rotatable bonds is 2. The van der Waals surface area contributed by atoms with Crippen LogP contribution in [0.5, 0.6) is 0 Å². The molecule has 6 nitrogen and oxygen atoms in total. The second-order valence-electron chi connectivity index (χ2n) is 6.14. The Hall–Kier alpha value is -2.11.